The number of methoxy groups -OCH3 is 1. The number of ether oxygens (including phenoxy) is 1. The highest BCUT2D eigenvalue weighted by molar-refractivity contribution is 5.34. The summed E-state index contributed by atoms with van der Waals surface area (Å²) in [5.41, 5.74) is 1.68. The van der Waals surface area contributed by atoms with Gasteiger partial charge in [0.15, 0.2) is 0 Å². The van der Waals surface area contributed by atoms with Gasteiger partial charge in [0.2, 0.25) is 0 Å². The van der Waals surface area contributed by atoms with E-state index in [4.69, 9.17) is 4.74 Å². The third kappa shape index (κ3) is 2.81. The average molecular weight is 233 g/mol. The highest BCUT2D eigenvalue weighted by Crippen LogP contribution is 2.33. The molecule has 1 atom stereocenters. The van der Waals surface area contributed by atoms with Crippen LogP contribution in [0.4, 0.5) is 0 Å². The quantitative estimate of drug-likeness (QED) is 0.866. The van der Waals surface area contributed by atoms with E-state index in [9.17, 15) is 0 Å². The Labute approximate surface area is 104 Å². The lowest BCUT2D eigenvalue weighted by molar-refractivity contribution is 0.178. The van der Waals surface area contributed by atoms with Gasteiger partial charge in [-0.25, -0.2) is 0 Å². The van der Waals surface area contributed by atoms with Crippen LogP contribution in [0.2, 0.25) is 0 Å². The van der Waals surface area contributed by atoms with Crippen LogP contribution in [0, 0.1) is 5.41 Å². The molecule has 1 aliphatic rings. The van der Waals surface area contributed by atoms with Gasteiger partial charge in [-0.2, -0.15) is 0 Å². The van der Waals surface area contributed by atoms with E-state index in [0.29, 0.717) is 11.5 Å². The molecule has 1 saturated heterocycles. The molecule has 0 aromatic heterocycles. The molecule has 1 fully saturated rings. The van der Waals surface area contributed by atoms with E-state index in [1.807, 2.05) is 12.1 Å². The molecule has 17 heavy (non-hydrogen) atoms. The lowest BCUT2D eigenvalue weighted by Crippen LogP contribution is -2.48. The molecule has 2 heteroatoms. The molecule has 0 unspecified atom stereocenters. The minimum absolute atomic E-state index is 0.374. The monoisotopic (exact) mass is 233 g/mol. The predicted molar refractivity (Wildman–Crippen MR) is 71.5 cm³/mol. The SMILES string of the molecule is COc1ccccc1C[C@H]1NCCCC1(C)C. The Bertz CT molecular complexity index is 373. The number of hydrogen-bond acceptors (Lipinski definition) is 2. The number of hydrogen-bond donors (Lipinski definition) is 1. The standard InChI is InChI=1S/C15H23NO/c1-15(2)9-6-10-16-14(15)11-12-7-4-5-8-13(12)17-3/h4-5,7-8,14,16H,6,9-11H2,1-3H3/t14-/m1/s1. The zero-order chi connectivity index (χ0) is 12.3. The highest BCUT2D eigenvalue weighted by Gasteiger charge is 2.32. The topological polar surface area (TPSA) is 21.3 Å². The van der Waals surface area contributed by atoms with Crippen molar-refractivity contribution in [1.82, 2.24) is 5.32 Å². The van der Waals surface area contributed by atoms with Crippen molar-refractivity contribution in [2.24, 2.45) is 5.41 Å². The van der Waals surface area contributed by atoms with Crippen LogP contribution in [0.15, 0.2) is 24.3 Å². The van der Waals surface area contributed by atoms with Crippen LogP contribution in [0.1, 0.15) is 32.3 Å². The van der Waals surface area contributed by atoms with Gasteiger partial charge >= 0.3 is 0 Å². The first-order valence-electron chi connectivity index (χ1n) is 6.49. The molecule has 0 aliphatic carbocycles. The molecule has 94 valence electrons. The summed E-state index contributed by atoms with van der Waals surface area (Å²) < 4.78 is 5.43. The van der Waals surface area contributed by atoms with Crippen molar-refractivity contribution < 1.29 is 4.74 Å². The van der Waals surface area contributed by atoms with Gasteiger partial charge in [0.25, 0.3) is 0 Å². The summed E-state index contributed by atoms with van der Waals surface area (Å²) in [7, 11) is 1.75. The normalized spacial score (nSPS) is 23.4. The molecular weight excluding hydrogens is 210 g/mol. The van der Waals surface area contributed by atoms with Crippen LogP contribution in [0.25, 0.3) is 0 Å². The van der Waals surface area contributed by atoms with Gasteiger partial charge < -0.3 is 10.1 Å². The third-order valence-electron chi connectivity index (χ3n) is 3.95. The van der Waals surface area contributed by atoms with Crippen LogP contribution in [0.3, 0.4) is 0 Å². The number of rotatable bonds is 3. The van der Waals surface area contributed by atoms with E-state index in [1.54, 1.807) is 7.11 Å². The van der Waals surface area contributed by atoms with E-state index < -0.39 is 0 Å². The molecule has 1 aliphatic heterocycles. The fourth-order valence-electron chi connectivity index (χ4n) is 2.71. The van der Waals surface area contributed by atoms with Gasteiger partial charge in [0, 0.05) is 6.04 Å². The van der Waals surface area contributed by atoms with Crippen molar-refractivity contribution in [3.8, 4) is 5.75 Å². The van der Waals surface area contributed by atoms with E-state index >= 15 is 0 Å². The molecule has 0 spiro atoms. The van der Waals surface area contributed by atoms with Crippen molar-refractivity contribution in [3.05, 3.63) is 29.8 Å². The zero-order valence-electron chi connectivity index (χ0n) is 11.1. The summed E-state index contributed by atoms with van der Waals surface area (Å²) in [5, 5.41) is 3.65. The lowest BCUT2D eigenvalue weighted by atomic mass is 9.75. The maximum absolute atomic E-state index is 5.43. The fourth-order valence-corrected chi connectivity index (χ4v) is 2.71. The van der Waals surface area contributed by atoms with Gasteiger partial charge in [-0.1, -0.05) is 32.0 Å². The molecule has 2 rings (SSSR count). The molecule has 0 amide bonds. The zero-order valence-corrected chi connectivity index (χ0v) is 11.1. The summed E-state index contributed by atoms with van der Waals surface area (Å²) in [6.07, 6.45) is 3.65. The Morgan fingerprint density at radius 3 is 2.82 bits per heavy atom. The summed E-state index contributed by atoms with van der Waals surface area (Å²) >= 11 is 0. The van der Waals surface area contributed by atoms with Crippen molar-refractivity contribution in [3.63, 3.8) is 0 Å². The molecule has 1 aromatic carbocycles. The van der Waals surface area contributed by atoms with Crippen molar-refractivity contribution >= 4 is 0 Å². The molecule has 0 radical (unpaired) electrons. The Kier molecular flexibility index (Phi) is 3.72. The molecule has 1 heterocycles. The van der Waals surface area contributed by atoms with Crippen molar-refractivity contribution in [2.45, 2.75) is 39.2 Å². The van der Waals surface area contributed by atoms with Crippen LogP contribution in [-0.2, 0) is 6.42 Å². The van der Waals surface area contributed by atoms with Crippen molar-refractivity contribution in [1.29, 1.82) is 0 Å². The summed E-state index contributed by atoms with van der Waals surface area (Å²) in [4.78, 5) is 0. The Balaban J connectivity index is 2.14. The summed E-state index contributed by atoms with van der Waals surface area (Å²) in [5.74, 6) is 1.01. The molecular formula is C15H23NO. The smallest absolute Gasteiger partial charge is 0.122 e. The minimum atomic E-state index is 0.374. The second-order valence-corrected chi connectivity index (χ2v) is 5.61. The average Bonchev–Trinajstić information content (AvgIpc) is 2.32. The van der Waals surface area contributed by atoms with E-state index in [1.165, 1.54) is 18.4 Å². The first-order valence-corrected chi connectivity index (χ1v) is 6.49. The predicted octanol–water partition coefficient (Wildman–Crippen LogP) is 3.02. The second-order valence-electron chi connectivity index (χ2n) is 5.61. The minimum Gasteiger partial charge on any atom is -0.496 e. The molecule has 0 saturated carbocycles. The van der Waals surface area contributed by atoms with Crippen molar-refractivity contribution in [2.75, 3.05) is 13.7 Å². The molecule has 0 bridgehead atoms. The van der Waals surface area contributed by atoms with Gasteiger partial charge in [-0.15, -0.1) is 0 Å². The Morgan fingerprint density at radius 1 is 1.35 bits per heavy atom. The number of nitrogens with one attached hydrogen (secondary N) is 1. The van der Waals surface area contributed by atoms with Gasteiger partial charge in [0.05, 0.1) is 7.11 Å². The highest BCUT2D eigenvalue weighted by atomic mass is 16.5. The summed E-state index contributed by atoms with van der Waals surface area (Å²) in [6.45, 7) is 5.86. The van der Waals surface area contributed by atoms with E-state index in [0.717, 1.165) is 18.7 Å². The molecule has 1 aromatic rings. The Hall–Kier alpha value is -1.02. The van der Waals surface area contributed by atoms with Gasteiger partial charge in [-0.05, 0) is 42.9 Å². The van der Waals surface area contributed by atoms with Gasteiger partial charge in [0.1, 0.15) is 5.75 Å². The summed E-state index contributed by atoms with van der Waals surface area (Å²) in [6, 6.07) is 8.89. The Morgan fingerprint density at radius 2 is 2.12 bits per heavy atom. The first-order chi connectivity index (χ1) is 8.13. The van der Waals surface area contributed by atoms with Gasteiger partial charge in [-0.3, -0.25) is 0 Å². The first kappa shape index (κ1) is 12.4. The van der Waals surface area contributed by atoms with E-state index in [-0.39, 0.29) is 0 Å². The van der Waals surface area contributed by atoms with Crippen LogP contribution < -0.4 is 10.1 Å². The maximum Gasteiger partial charge on any atom is 0.122 e. The third-order valence-corrected chi connectivity index (χ3v) is 3.95. The molecule has 2 nitrogen and oxygen atoms in total. The number of piperidine rings is 1. The maximum atomic E-state index is 5.43. The van der Waals surface area contributed by atoms with Crippen LogP contribution in [0.5, 0.6) is 5.75 Å². The number of para-hydroxylation sites is 1. The second kappa shape index (κ2) is 5.09. The fraction of sp³-hybridized carbons (Fsp3) is 0.600. The number of benzene rings is 1. The van der Waals surface area contributed by atoms with Crippen LogP contribution >= 0.6 is 0 Å². The molecule has 1 N–H and O–H groups in total. The largest absolute Gasteiger partial charge is 0.496 e. The van der Waals surface area contributed by atoms with Crippen LogP contribution in [-0.4, -0.2) is 19.7 Å². The van der Waals surface area contributed by atoms with E-state index in [2.05, 4.69) is 31.3 Å². The lowest BCUT2D eigenvalue weighted by Gasteiger charge is -2.39.